The minimum atomic E-state index is -3.56. The molecule has 126 valence electrons. The first kappa shape index (κ1) is 15.8. The molecule has 1 unspecified atom stereocenters. The fraction of sp³-hybridized carbons (Fsp3) is 0.368. The number of rotatable bonds is 3. The highest BCUT2D eigenvalue weighted by Gasteiger charge is 2.36. The number of halogens is 1. The normalized spacial score (nSPS) is 21.1. The summed E-state index contributed by atoms with van der Waals surface area (Å²) >= 11 is 0. The average Bonchev–Trinajstić information content (AvgIpc) is 3.23. The van der Waals surface area contributed by atoms with Gasteiger partial charge in [0, 0.05) is 6.54 Å². The molecule has 0 aromatic heterocycles. The summed E-state index contributed by atoms with van der Waals surface area (Å²) < 4.78 is 41.4. The summed E-state index contributed by atoms with van der Waals surface area (Å²) in [6, 6.07) is 11.5. The Morgan fingerprint density at radius 1 is 1.00 bits per heavy atom. The van der Waals surface area contributed by atoms with Gasteiger partial charge in [0.05, 0.1) is 10.9 Å². The van der Waals surface area contributed by atoms with Gasteiger partial charge in [0.1, 0.15) is 5.82 Å². The Hall–Kier alpha value is -1.72. The van der Waals surface area contributed by atoms with E-state index in [1.54, 1.807) is 16.4 Å². The van der Waals surface area contributed by atoms with Crippen LogP contribution in [0.1, 0.15) is 42.0 Å². The molecular formula is C19H20FNO2S. The van der Waals surface area contributed by atoms with Gasteiger partial charge < -0.3 is 0 Å². The topological polar surface area (TPSA) is 37.4 Å². The van der Waals surface area contributed by atoms with Crippen molar-refractivity contribution in [1.82, 2.24) is 4.31 Å². The fourth-order valence-electron chi connectivity index (χ4n) is 3.92. The van der Waals surface area contributed by atoms with Crippen molar-refractivity contribution >= 4 is 10.0 Å². The lowest BCUT2D eigenvalue weighted by Gasteiger charge is -2.24. The van der Waals surface area contributed by atoms with Gasteiger partial charge >= 0.3 is 0 Å². The lowest BCUT2D eigenvalue weighted by molar-refractivity contribution is 0.395. The molecule has 1 atom stereocenters. The van der Waals surface area contributed by atoms with Gasteiger partial charge in [-0.15, -0.1) is 0 Å². The molecule has 0 radical (unpaired) electrons. The van der Waals surface area contributed by atoms with Crippen molar-refractivity contribution < 1.29 is 12.8 Å². The number of benzene rings is 2. The summed E-state index contributed by atoms with van der Waals surface area (Å²) in [5, 5.41) is 0. The number of fused-ring (bicyclic) bond motifs is 1. The van der Waals surface area contributed by atoms with Crippen LogP contribution in [0.3, 0.4) is 0 Å². The highest BCUT2D eigenvalue weighted by molar-refractivity contribution is 7.89. The molecule has 1 heterocycles. The number of sulfonamides is 1. The van der Waals surface area contributed by atoms with Crippen LogP contribution in [0.25, 0.3) is 0 Å². The van der Waals surface area contributed by atoms with E-state index in [0.29, 0.717) is 11.4 Å². The van der Waals surface area contributed by atoms with Crippen molar-refractivity contribution in [2.24, 2.45) is 0 Å². The maximum absolute atomic E-state index is 13.5. The molecule has 0 bridgehead atoms. The van der Waals surface area contributed by atoms with Crippen molar-refractivity contribution in [2.75, 3.05) is 6.54 Å². The van der Waals surface area contributed by atoms with E-state index in [1.165, 1.54) is 17.7 Å². The lowest BCUT2D eigenvalue weighted by atomic mass is 10.1. The molecule has 1 saturated heterocycles. The van der Waals surface area contributed by atoms with Crippen molar-refractivity contribution in [2.45, 2.75) is 43.0 Å². The molecular weight excluding hydrogens is 325 g/mol. The number of nitrogens with zero attached hydrogens (tertiary/aromatic N) is 1. The molecule has 0 spiro atoms. The van der Waals surface area contributed by atoms with Crippen LogP contribution in [-0.4, -0.2) is 19.3 Å². The van der Waals surface area contributed by atoms with Crippen molar-refractivity contribution in [3.63, 3.8) is 0 Å². The fourth-order valence-corrected chi connectivity index (χ4v) is 5.65. The summed E-state index contributed by atoms with van der Waals surface area (Å²) in [4.78, 5) is 0.367. The van der Waals surface area contributed by atoms with Gasteiger partial charge in [0.25, 0.3) is 0 Å². The van der Waals surface area contributed by atoms with Crippen LogP contribution in [-0.2, 0) is 22.9 Å². The molecule has 4 rings (SSSR count). The average molecular weight is 345 g/mol. The van der Waals surface area contributed by atoms with Gasteiger partial charge in [-0.05, 0) is 73.1 Å². The van der Waals surface area contributed by atoms with Crippen LogP contribution in [0.2, 0.25) is 0 Å². The van der Waals surface area contributed by atoms with Gasteiger partial charge in [-0.2, -0.15) is 4.31 Å². The Labute approximate surface area is 142 Å². The van der Waals surface area contributed by atoms with Gasteiger partial charge in [0.15, 0.2) is 0 Å². The summed E-state index contributed by atoms with van der Waals surface area (Å²) in [6.07, 6.45) is 4.60. The molecule has 0 saturated carbocycles. The largest absolute Gasteiger partial charge is 0.243 e. The van der Waals surface area contributed by atoms with Crippen LogP contribution in [0.5, 0.6) is 0 Å². The second kappa shape index (κ2) is 5.97. The molecule has 2 aromatic carbocycles. The van der Waals surface area contributed by atoms with Gasteiger partial charge in [-0.3, -0.25) is 0 Å². The molecule has 0 N–H and O–H groups in total. The van der Waals surface area contributed by atoms with E-state index in [-0.39, 0.29) is 11.9 Å². The van der Waals surface area contributed by atoms with E-state index in [9.17, 15) is 12.8 Å². The highest BCUT2D eigenvalue weighted by atomic mass is 32.2. The van der Waals surface area contributed by atoms with E-state index < -0.39 is 10.0 Å². The third-order valence-electron chi connectivity index (χ3n) is 5.11. The summed E-state index contributed by atoms with van der Waals surface area (Å²) in [5.41, 5.74) is 3.15. The van der Waals surface area contributed by atoms with Crippen molar-refractivity contribution in [1.29, 1.82) is 0 Å². The van der Waals surface area contributed by atoms with E-state index >= 15 is 0 Å². The van der Waals surface area contributed by atoms with Crippen molar-refractivity contribution in [3.8, 4) is 0 Å². The molecule has 5 heteroatoms. The Morgan fingerprint density at radius 3 is 2.67 bits per heavy atom. The van der Waals surface area contributed by atoms with Crippen LogP contribution in [0.15, 0.2) is 47.4 Å². The molecule has 2 aliphatic rings. The quantitative estimate of drug-likeness (QED) is 0.847. The first-order valence-corrected chi connectivity index (χ1v) is 9.89. The van der Waals surface area contributed by atoms with Gasteiger partial charge in [-0.1, -0.05) is 18.2 Å². The van der Waals surface area contributed by atoms with Gasteiger partial charge in [0.2, 0.25) is 10.0 Å². The van der Waals surface area contributed by atoms with E-state index in [0.717, 1.165) is 43.2 Å². The maximum atomic E-state index is 13.5. The zero-order chi connectivity index (χ0) is 16.7. The van der Waals surface area contributed by atoms with E-state index in [1.807, 2.05) is 18.2 Å². The minimum absolute atomic E-state index is 0.279. The SMILES string of the molecule is O=S(=O)(c1ccc2c(c1)CCC2)N1CCCC1c1cccc(F)c1. The Balaban J connectivity index is 1.70. The molecule has 2 aromatic rings. The van der Waals surface area contributed by atoms with Crippen molar-refractivity contribution in [3.05, 3.63) is 65.0 Å². The Kier molecular flexibility index (Phi) is 3.93. The van der Waals surface area contributed by atoms with Crippen LogP contribution in [0.4, 0.5) is 4.39 Å². The zero-order valence-electron chi connectivity index (χ0n) is 13.4. The lowest BCUT2D eigenvalue weighted by Crippen LogP contribution is -2.30. The second-order valence-electron chi connectivity index (χ2n) is 6.61. The minimum Gasteiger partial charge on any atom is -0.207 e. The van der Waals surface area contributed by atoms with E-state index in [4.69, 9.17) is 0 Å². The number of hydrogen-bond donors (Lipinski definition) is 0. The molecule has 1 aliphatic heterocycles. The first-order valence-electron chi connectivity index (χ1n) is 8.45. The Morgan fingerprint density at radius 2 is 1.83 bits per heavy atom. The second-order valence-corrected chi connectivity index (χ2v) is 8.50. The predicted molar refractivity (Wildman–Crippen MR) is 90.7 cm³/mol. The molecule has 0 amide bonds. The molecule has 24 heavy (non-hydrogen) atoms. The van der Waals surface area contributed by atoms with Gasteiger partial charge in [-0.25, -0.2) is 12.8 Å². The summed E-state index contributed by atoms with van der Waals surface area (Å²) in [5.74, 6) is -0.325. The van der Waals surface area contributed by atoms with E-state index in [2.05, 4.69) is 0 Å². The highest BCUT2D eigenvalue weighted by Crippen LogP contribution is 2.37. The monoisotopic (exact) mass is 345 g/mol. The third-order valence-corrected chi connectivity index (χ3v) is 7.02. The molecule has 1 aliphatic carbocycles. The zero-order valence-corrected chi connectivity index (χ0v) is 14.2. The number of hydrogen-bond acceptors (Lipinski definition) is 2. The van der Waals surface area contributed by atoms with Crippen LogP contribution in [0, 0.1) is 5.82 Å². The smallest absolute Gasteiger partial charge is 0.207 e. The maximum Gasteiger partial charge on any atom is 0.243 e. The van der Waals surface area contributed by atoms with Crippen LogP contribution < -0.4 is 0 Å². The molecule has 3 nitrogen and oxygen atoms in total. The summed E-state index contributed by atoms with van der Waals surface area (Å²) in [6.45, 7) is 0.487. The standard InChI is InChI=1S/C19H20FNO2S/c20-17-7-2-6-16(12-17)19-8-3-11-21(19)24(22,23)18-10-9-14-4-1-5-15(14)13-18/h2,6-7,9-10,12-13,19H,1,3-5,8,11H2. The van der Waals surface area contributed by atoms with Crippen LogP contribution >= 0.6 is 0 Å². The molecule has 1 fully saturated rings. The predicted octanol–water partition coefficient (Wildman–Crippen LogP) is 3.84. The number of aryl methyl sites for hydroxylation is 2. The first-order chi connectivity index (χ1) is 11.6. The Bertz CT molecular complexity index is 879. The summed E-state index contributed by atoms with van der Waals surface area (Å²) in [7, 11) is -3.56. The third kappa shape index (κ3) is 2.66.